The summed E-state index contributed by atoms with van der Waals surface area (Å²) in [7, 11) is 0. The lowest BCUT2D eigenvalue weighted by molar-refractivity contribution is 0.300. The van der Waals surface area contributed by atoms with Crippen molar-refractivity contribution in [3.63, 3.8) is 0 Å². The fourth-order valence-corrected chi connectivity index (χ4v) is 3.70. The van der Waals surface area contributed by atoms with E-state index in [1.54, 1.807) is 0 Å². The molecule has 0 nitrogen and oxygen atoms in total. The third-order valence-electron chi connectivity index (χ3n) is 5.03. The summed E-state index contributed by atoms with van der Waals surface area (Å²) < 4.78 is 0. The summed E-state index contributed by atoms with van der Waals surface area (Å²) in [5.74, 6) is 8.42. The lowest BCUT2D eigenvalue weighted by Gasteiger charge is -2.25. The molecule has 1 aliphatic carbocycles. The molecule has 124 valence electrons. The van der Waals surface area contributed by atoms with E-state index in [0.717, 1.165) is 16.5 Å². The van der Waals surface area contributed by atoms with Gasteiger partial charge in [-0.3, -0.25) is 0 Å². The Bertz CT molecular complexity index is 692. The Labute approximate surface area is 151 Å². The zero-order valence-corrected chi connectivity index (χ0v) is 15.2. The van der Waals surface area contributed by atoms with E-state index in [-0.39, 0.29) is 0 Å². The van der Waals surface area contributed by atoms with Crippen LogP contribution in [0.3, 0.4) is 0 Å². The molecule has 0 unspecified atom stereocenters. The van der Waals surface area contributed by atoms with Gasteiger partial charge in [0.1, 0.15) is 0 Å². The second-order valence-electron chi connectivity index (χ2n) is 6.86. The van der Waals surface area contributed by atoms with Crippen molar-refractivity contribution in [3.05, 3.63) is 59.1 Å². The molecule has 3 rings (SSSR count). The molecule has 2 aromatic rings. The van der Waals surface area contributed by atoms with Crippen LogP contribution in [-0.4, -0.2) is 0 Å². The zero-order chi connectivity index (χ0) is 16.8. The summed E-state index contributed by atoms with van der Waals surface area (Å²) in [4.78, 5) is 0. The molecule has 0 aromatic heterocycles. The Morgan fingerprint density at radius 1 is 0.875 bits per heavy atom. The van der Waals surface area contributed by atoms with Gasteiger partial charge < -0.3 is 0 Å². The van der Waals surface area contributed by atoms with Crippen LogP contribution in [0.15, 0.2) is 48.5 Å². The first-order valence-corrected chi connectivity index (χ1v) is 9.50. The van der Waals surface area contributed by atoms with Crippen LogP contribution in [0.1, 0.15) is 51.0 Å². The molecule has 1 heteroatoms. The Balaban J connectivity index is 1.60. The predicted molar refractivity (Wildman–Crippen MR) is 104 cm³/mol. The molecule has 0 N–H and O–H groups in total. The van der Waals surface area contributed by atoms with Crippen molar-refractivity contribution in [2.45, 2.75) is 45.4 Å². The highest BCUT2D eigenvalue weighted by molar-refractivity contribution is 6.30. The highest BCUT2D eigenvalue weighted by Gasteiger charge is 2.18. The summed E-state index contributed by atoms with van der Waals surface area (Å²) in [5.41, 5.74) is 3.51. The molecule has 0 aliphatic heterocycles. The normalized spacial score (nSPS) is 20.2. The minimum absolute atomic E-state index is 0.592. The van der Waals surface area contributed by atoms with E-state index >= 15 is 0 Å². The fourth-order valence-electron chi connectivity index (χ4n) is 3.58. The van der Waals surface area contributed by atoms with Gasteiger partial charge in [-0.15, -0.1) is 0 Å². The Morgan fingerprint density at radius 2 is 1.46 bits per heavy atom. The van der Waals surface area contributed by atoms with Crippen molar-refractivity contribution in [1.29, 1.82) is 0 Å². The molecule has 0 spiro atoms. The number of rotatable bonds is 3. The second kappa shape index (κ2) is 8.41. The monoisotopic (exact) mass is 336 g/mol. The zero-order valence-electron chi connectivity index (χ0n) is 14.4. The van der Waals surface area contributed by atoms with Crippen molar-refractivity contribution in [1.82, 2.24) is 0 Å². The van der Waals surface area contributed by atoms with Gasteiger partial charge in [0.2, 0.25) is 0 Å². The maximum absolute atomic E-state index is 5.95. The summed E-state index contributed by atoms with van der Waals surface area (Å²) >= 11 is 5.95. The largest absolute Gasteiger partial charge is 0.0945 e. The molecule has 0 heterocycles. The lowest BCUT2D eigenvalue weighted by atomic mass is 9.80. The molecule has 0 saturated heterocycles. The maximum Gasteiger partial charge on any atom is 0.0406 e. The van der Waals surface area contributed by atoms with Crippen LogP contribution in [0.25, 0.3) is 11.1 Å². The quantitative estimate of drug-likeness (QED) is 0.531. The first kappa shape index (κ1) is 17.1. The van der Waals surface area contributed by atoms with Gasteiger partial charge in [-0.2, -0.15) is 0 Å². The van der Waals surface area contributed by atoms with Gasteiger partial charge in [0.05, 0.1) is 0 Å². The molecule has 0 atom stereocenters. The number of benzene rings is 2. The summed E-state index contributed by atoms with van der Waals surface area (Å²) in [5, 5.41) is 0.773. The van der Waals surface area contributed by atoms with Gasteiger partial charge in [-0.05, 0) is 67.0 Å². The SMILES string of the molecule is CCC[C@H]1CC[C@H](C#Cc2ccc(-c3ccc(Cl)cc3)cc2)CC1. The Morgan fingerprint density at radius 3 is 2.04 bits per heavy atom. The first-order valence-electron chi connectivity index (χ1n) is 9.12. The molecular formula is C23H25Cl. The third-order valence-corrected chi connectivity index (χ3v) is 5.28. The van der Waals surface area contributed by atoms with E-state index < -0.39 is 0 Å². The predicted octanol–water partition coefficient (Wildman–Crippen LogP) is 6.97. The Kier molecular flexibility index (Phi) is 6.00. The lowest BCUT2D eigenvalue weighted by Crippen LogP contribution is -2.13. The highest BCUT2D eigenvalue weighted by Crippen LogP contribution is 2.31. The molecule has 1 fully saturated rings. The molecule has 2 aromatic carbocycles. The number of hydrogen-bond donors (Lipinski definition) is 0. The van der Waals surface area contributed by atoms with Crippen LogP contribution in [0, 0.1) is 23.7 Å². The van der Waals surface area contributed by atoms with E-state index in [9.17, 15) is 0 Å². The van der Waals surface area contributed by atoms with E-state index in [2.05, 4.69) is 55.2 Å². The standard InChI is InChI=1S/C23H25Cl/c1-2-3-18-4-6-19(7-5-18)8-9-20-10-12-21(13-11-20)22-14-16-23(24)17-15-22/h10-19H,2-7H2,1H3/t18-,19-. The molecule has 0 radical (unpaired) electrons. The van der Waals surface area contributed by atoms with Crippen molar-refractivity contribution >= 4 is 11.6 Å². The van der Waals surface area contributed by atoms with Gasteiger partial charge in [0, 0.05) is 16.5 Å². The van der Waals surface area contributed by atoms with Gasteiger partial charge in [-0.1, -0.05) is 67.5 Å². The van der Waals surface area contributed by atoms with Crippen LogP contribution >= 0.6 is 11.6 Å². The minimum atomic E-state index is 0.592. The van der Waals surface area contributed by atoms with Crippen LogP contribution < -0.4 is 0 Å². The van der Waals surface area contributed by atoms with Crippen LogP contribution in [0.5, 0.6) is 0 Å². The first-order chi connectivity index (χ1) is 11.7. The molecule has 0 amide bonds. The summed E-state index contributed by atoms with van der Waals surface area (Å²) in [6.07, 6.45) is 8.00. The molecular weight excluding hydrogens is 312 g/mol. The molecule has 24 heavy (non-hydrogen) atoms. The molecule has 0 bridgehead atoms. The highest BCUT2D eigenvalue weighted by atomic mass is 35.5. The number of halogens is 1. The fraction of sp³-hybridized carbons (Fsp3) is 0.391. The van der Waals surface area contributed by atoms with E-state index in [1.165, 1.54) is 49.7 Å². The van der Waals surface area contributed by atoms with Crippen molar-refractivity contribution in [2.75, 3.05) is 0 Å². The van der Waals surface area contributed by atoms with Gasteiger partial charge in [0.25, 0.3) is 0 Å². The topological polar surface area (TPSA) is 0 Å². The van der Waals surface area contributed by atoms with Crippen LogP contribution in [0.4, 0.5) is 0 Å². The summed E-state index contributed by atoms with van der Waals surface area (Å²) in [6, 6.07) is 16.5. The van der Waals surface area contributed by atoms with E-state index in [0.29, 0.717) is 5.92 Å². The third kappa shape index (κ3) is 4.65. The van der Waals surface area contributed by atoms with Crippen LogP contribution in [-0.2, 0) is 0 Å². The van der Waals surface area contributed by atoms with E-state index in [4.69, 9.17) is 11.6 Å². The van der Waals surface area contributed by atoms with Crippen molar-refractivity contribution in [3.8, 4) is 23.0 Å². The smallest absolute Gasteiger partial charge is 0.0406 e. The second-order valence-corrected chi connectivity index (χ2v) is 7.30. The molecule has 1 aliphatic rings. The number of hydrogen-bond acceptors (Lipinski definition) is 0. The summed E-state index contributed by atoms with van der Waals surface area (Å²) in [6.45, 7) is 2.29. The maximum atomic E-state index is 5.95. The van der Waals surface area contributed by atoms with Gasteiger partial charge in [-0.25, -0.2) is 0 Å². The van der Waals surface area contributed by atoms with Crippen LogP contribution in [0.2, 0.25) is 5.02 Å². The average Bonchev–Trinajstić information content (AvgIpc) is 2.63. The van der Waals surface area contributed by atoms with Crippen molar-refractivity contribution in [2.24, 2.45) is 11.8 Å². The molecule has 1 saturated carbocycles. The average molecular weight is 337 g/mol. The Hall–Kier alpha value is -1.71. The van der Waals surface area contributed by atoms with Gasteiger partial charge in [0.15, 0.2) is 0 Å². The minimum Gasteiger partial charge on any atom is -0.0945 e. The van der Waals surface area contributed by atoms with Gasteiger partial charge >= 0.3 is 0 Å². The van der Waals surface area contributed by atoms with E-state index in [1.807, 2.05) is 12.1 Å². The van der Waals surface area contributed by atoms with Crippen molar-refractivity contribution < 1.29 is 0 Å².